The van der Waals surface area contributed by atoms with E-state index in [2.05, 4.69) is 61.4 Å². The number of benzene rings is 2. The molecule has 8 aliphatic rings. The number of carboxylic acid groups (broad SMARTS) is 2. The summed E-state index contributed by atoms with van der Waals surface area (Å²) in [5.74, 6) is -0.142. The molecule has 10 heteroatoms. The van der Waals surface area contributed by atoms with Crippen LogP contribution in [0.2, 0.25) is 0 Å². The average molecular weight is 1270 g/mol. The van der Waals surface area contributed by atoms with Crippen molar-refractivity contribution in [2.24, 2.45) is 0 Å². The van der Waals surface area contributed by atoms with Crippen molar-refractivity contribution in [1.29, 1.82) is 0 Å². The van der Waals surface area contributed by atoms with E-state index < -0.39 is 11.9 Å². The number of carbonyl (C=O) groups is 2. The molecule has 4 nitrogen and oxygen atoms in total. The molecule has 8 saturated carbocycles. The van der Waals surface area contributed by atoms with Crippen LogP contribution >= 0.6 is 15.8 Å². The van der Waals surface area contributed by atoms with Crippen molar-refractivity contribution in [2.45, 2.75) is 279 Å². The molecule has 0 aromatic heterocycles. The fourth-order valence-corrected chi connectivity index (χ4v) is 20.8. The molecule has 70 heavy (non-hydrogen) atoms. The minimum Gasteiger partial charge on any atom is -0.481 e. The van der Waals surface area contributed by atoms with Gasteiger partial charge < -0.3 is 23.1 Å². The molecular formula is C60H96Fe2O4P2Pd2+2. The first-order chi connectivity index (χ1) is 32.3. The van der Waals surface area contributed by atoms with E-state index in [-0.39, 0.29) is 90.8 Å². The van der Waals surface area contributed by atoms with Crippen molar-refractivity contribution in [3.8, 4) is 0 Å². The minimum absolute atomic E-state index is 0. The van der Waals surface area contributed by atoms with Crippen LogP contribution in [-0.4, -0.2) is 44.8 Å². The van der Waals surface area contributed by atoms with Gasteiger partial charge in [0.25, 0.3) is 11.9 Å². The Morgan fingerprint density at radius 1 is 0.386 bits per heavy atom. The van der Waals surface area contributed by atoms with E-state index in [0.717, 1.165) is 48.3 Å². The van der Waals surface area contributed by atoms with Gasteiger partial charge >= 0.3 is 34.1 Å². The third-order valence-corrected chi connectivity index (χ3v) is 23.1. The predicted molar refractivity (Wildman–Crippen MR) is 288 cm³/mol. The Kier molecular flexibility index (Phi) is 40.9. The van der Waals surface area contributed by atoms with Gasteiger partial charge in [-0.05, 0) is 84.6 Å². The van der Waals surface area contributed by atoms with Gasteiger partial charge in [0.2, 0.25) is 0 Å². The average Bonchev–Trinajstić information content (AvgIpc) is 4.22. The summed E-state index contributed by atoms with van der Waals surface area (Å²) in [6, 6.07) is 19.4. The van der Waals surface area contributed by atoms with Crippen LogP contribution in [0.15, 0.2) is 48.5 Å². The number of hydrogen-bond donors (Lipinski definition) is 2. The zero-order valence-electron chi connectivity index (χ0n) is 43.6. The maximum Gasteiger partial charge on any atom is 2.00 e. The molecule has 0 bridgehead atoms. The van der Waals surface area contributed by atoms with Crippen molar-refractivity contribution >= 4 is 38.4 Å². The molecule has 2 atom stereocenters. The van der Waals surface area contributed by atoms with E-state index in [9.17, 15) is 0 Å². The van der Waals surface area contributed by atoms with Gasteiger partial charge in [-0.2, -0.15) is 12.8 Å². The van der Waals surface area contributed by atoms with Gasteiger partial charge in [0, 0.05) is 54.7 Å². The Morgan fingerprint density at radius 3 is 0.814 bits per heavy atom. The number of rotatable bonds is 8. The second-order valence-electron chi connectivity index (χ2n) is 21.2. The Balaban J connectivity index is 0.000000497. The van der Waals surface area contributed by atoms with Crippen LogP contribution in [-0.2, 0) is 84.6 Å². The summed E-state index contributed by atoms with van der Waals surface area (Å²) in [6.07, 6.45) is 58.6. The first-order valence-electron chi connectivity index (χ1n) is 28.1. The molecule has 8 fully saturated rings. The molecular weight excluding hydrogens is 1170 g/mol. The smallest absolute Gasteiger partial charge is 0.481 e. The van der Waals surface area contributed by atoms with E-state index in [1.165, 1.54) is 231 Å². The molecule has 0 radical (unpaired) electrons. The molecule has 2 aromatic carbocycles. The monoisotopic (exact) mass is 1270 g/mol. The minimum atomic E-state index is -0.833. The standard InChI is InChI=1S/2C23H34P.2C5H10.2C2H4O2.2Fe.2Pd/c2*1-3-13-20(14-4-1)24(21-15-5-2-6-16-21)23-18-10-9-17-22(23)19-11-7-8-12-19;2*1-2-4-5-3-1;2*1-2(3)4;;;;/h2*9-11,17-21H,1-8,12-16H2;2*1-5H2;2*1H3,(H,3,4);;;;/q2*-1;;;;;2*+2;;. The van der Waals surface area contributed by atoms with E-state index >= 15 is 0 Å². The number of aliphatic carboxylic acids is 2. The maximum atomic E-state index is 9.00. The molecule has 8 aliphatic carbocycles. The van der Waals surface area contributed by atoms with Gasteiger partial charge in [0.05, 0.1) is 0 Å². The number of carboxylic acids is 2. The summed E-state index contributed by atoms with van der Waals surface area (Å²) in [6.45, 7) is 2.17. The normalized spacial score (nSPS) is 22.6. The van der Waals surface area contributed by atoms with Gasteiger partial charge in [0.15, 0.2) is 0 Å². The van der Waals surface area contributed by atoms with Crippen molar-refractivity contribution in [3.63, 3.8) is 0 Å². The van der Waals surface area contributed by atoms with Gasteiger partial charge in [-0.3, -0.25) is 9.59 Å². The SMILES string of the molecule is C1CCCC1.C1CCCC1.CC(=O)O.CC(=O)O.[Fe+2].[Fe+2].[Pd].[Pd].c1ccc(P(C2CCCCC2)C2CCCCC2)c(C2[CH-]CCC2)c1.c1ccc(P(C2CCCCC2)C2CCCCC2)c(C2[CH-]CCC2)c1. The fourth-order valence-electron chi connectivity index (χ4n) is 12.8. The van der Waals surface area contributed by atoms with Gasteiger partial charge in [-0.15, -0.1) is 11.8 Å². The quantitative estimate of drug-likeness (QED) is 0.157. The van der Waals surface area contributed by atoms with Crippen LogP contribution in [0.3, 0.4) is 0 Å². The second-order valence-corrected chi connectivity index (χ2v) is 26.7. The molecule has 0 aliphatic heterocycles. The van der Waals surface area contributed by atoms with Gasteiger partial charge in [0.1, 0.15) is 0 Å². The second kappa shape index (κ2) is 41.7. The van der Waals surface area contributed by atoms with Gasteiger partial charge in [-0.1, -0.05) is 242 Å². The molecule has 2 N–H and O–H groups in total. The van der Waals surface area contributed by atoms with Crippen LogP contribution in [0.1, 0.15) is 268 Å². The summed E-state index contributed by atoms with van der Waals surface area (Å²) in [5, 5.41) is 18.5. The van der Waals surface area contributed by atoms with E-state index in [0.29, 0.717) is 0 Å². The van der Waals surface area contributed by atoms with Crippen molar-refractivity contribution in [1.82, 2.24) is 0 Å². The molecule has 2 aromatic rings. The summed E-state index contributed by atoms with van der Waals surface area (Å²) in [7, 11) is 0.102. The third-order valence-electron chi connectivity index (χ3n) is 15.9. The fraction of sp³-hybridized carbons (Fsp3) is 0.733. The Morgan fingerprint density at radius 2 is 0.600 bits per heavy atom. The van der Waals surface area contributed by atoms with Crippen molar-refractivity contribution in [3.05, 3.63) is 72.5 Å². The molecule has 0 heterocycles. The van der Waals surface area contributed by atoms with Crippen LogP contribution in [0, 0.1) is 12.8 Å². The Bertz CT molecular complexity index is 1420. The Hall–Kier alpha value is 0.604. The van der Waals surface area contributed by atoms with Crippen LogP contribution < -0.4 is 10.6 Å². The summed E-state index contributed by atoms with van der Waals surface area (Å²) >= 11 is 0. The Labute approximate surface area is 481 Å². The molecule has 0 saturated heterocycles. The van der Waals surface area contributed by atoms with Crippen molar-refractivity contribution in [2.75, 3.05) is 0 Å². The molecule has 2 unspecified atom stereocenters. The van der Waals surface area contributed by atoms with E-state index in [1.54, 1.807) is 11.1 Å². The molecule has 0 amide bonds. The van der Waals surface area contributed by atoms with E-state index in [1.807, 2.05) is 10.6 Å². The van der Waals surface area contributed by atoms with Crippen LogP contribution in [0.5, 0.6) is 0 Å². The zero-order chi connectivity index (χ0) is 46.6. The maximum absolute atomic E-state index is 9.00. The largest absolute Gasteiger partial charge is 2.00 e. The molecule has 0 spiro atoms. The molecule has 10 rings (SSSR count). The zero-order valence-corrected chi connectivity index (χ0v) is 50.7. The third kappa shape index (κ3) is 25.6. The first kappa shape index (κ1) is 68.6. The summed E-state index contributed by atoms with van der Waals surface area (Å²) in [5.41, 5.74) is 7.58. The predicted octanol–water partition coefficient (Wildman–Crippen LogP) is 17.9. The van der Waals surface area contributed by atoms with E-state index in [4.69, 9.17) is 19.8 Å². The van der Waals surface area contributed by atoms with Crippen LogP contribution in [0.4, 0.5) is 0 Å². The van der Waals surface area contributed by atoms with Gasteiger partial charge in [-0.25, -0.2) is 0 Å². The number of hydrogen-bond acceptors (Lipinski definition) is 2. The summed E-state index contributed by atoms with van der Waals surface area (Å²) in [4.78, 5) is 18.0. The van der Waals surface area contributed by atoms with Crippen LogP contribution in [0.25, 0.3) is 0 Å². The van der Waals surface area contributed by atoms with Crippen molar-refractivity contribution < 1.29 is 94.8 Å². The summed E-state index contributed by atoms with van der Waals surface area (Å²) < 4.78 is 0. The topological polar surface area (TPSA) is 74.6 Å². The first-order valence-corrected chi connectivity index (χ1v) is 31.1. The molecule has 404 valence electrons.